The molecule has 0 bridgehead atoms. The number of hydrogen-bond acceptors (Lipinski definition) is 1. The molecular weight excluding hydrogens is 256 g/mol. The molecule has 2 aromatic rings. The lowest BCUT2D eigenvalue weighted by Gasteiger charge is -2.16. The predicted molar refractivity (Wildman–Crippen MR) is 92.7 cm³/mol. The molecular formula is C19H30N2. The van der Waals surface area contributed by atoms with Gasteiger partial charge in [0.2, 0.25) is 0 Å². The van der Waals surface area contributed by atoms with E-state index >= 15 is 0 Å². The maximum atomic E-state index is 3.60. The molecule has 0 amide bonds. The van der Waals surface area contributed by atoms with Crippen molar-refractivity contribution in [1.82, 2.24) is 10.3 Å². The summed E-state index contributed by atoms with van der Waals surface area (Å²) in [6.07, 6.45) is 7.21. The normalized spacial score (nSPS) is 14.4. The summed E-state index contributed by atoms with van der Waals surface area (Å²) in [6.45, 7) is 9.24. The first-order valence-corrected chi connectivity index (χ1v) is 8.46. The number of fused-ring (bicyclic) bond motifs is 1. The first-order valence-electron chi connectivity index (χ1n) is 8.46. The molecule has 0 aliphatic rings. The fourth-order valence-electron chi connectivity index (χ4n) is 3.01. The molecule has 1 aromatic carbocycles. The van der Waals surface area contributed by atoms with Crippen molar-refractivity contribution in [2.75, 3.05) is 13.1 Å². The summed E-state index contributed by atoms with van der Waals surface area (Å²) in [5.74, 6) is 1.70. The first kappa shape index (κ1) is 16.1. The van der Waals surface area contributed by atoms with Gasteiger partial charge in [0, 0.05) is 17.1 Å². The lowest BCUT2D eigenvalue weighted by molar-refractivity contribution is 0.381. The summed E-state index contributed by atoms with van der Waals surface area (Å²) in [6, 6.07) is 8.54. The molecule has 2 N–H and O–H groups in total. The number of hydrogen-bond donors (Lipinski definition) is 2. The molecule has 0 aliphatic carbocycles. The van der Waals surface area contributed by atoms with E-state index < -0.39 is 0 Å². The zero-order valence-corrected chi connectivity index (χ0v) is 13.8. The van der Waals surface area contributed by atoms with Gasteiger partial charge in [0.1, 0.15) is 0 Å². The van der Waals surface area contributed by atoms with Crippen molar-refractivity contribution >= 4 is 10.9 Å². The van der Waals surface area contributed by atoms with Gasteiger partial charge in [-0.1, -0.05) is 45.4 Å². The Hall–Kier alpha value is -1.28. The Morgan fingerprint density at radius 1 is 1.10 bits per heavy atom. The van der Waals surface area contributed by atoms with E-state index in [0.717, 1.165) is 31.3 Å². The van der Waals surface area contributed by atoms with Crippen LogP contribution in [0.15, 0.2) is 30.5 Å². The summed E-state index contributed by atoms with van der Waals surface area (Å²) >= 11 is 0. The predicted octanol–water partition coefficient (Wildman–Crippen LogP) is 4.76. The van der Waals surface area contributed by atoms with E-state index in [0.29, 0.717) is 0 Å². The summed E-state index contributed by atoms with van der Waals surface area (Å²) in [4.78, 5) is 3.35. The van der Waals surface area contributed by atoms with Crippen molar-refractivity contribution in [2.24, 2.45) is 11.8 Å². The first-order chi connectivity index (χ1) is 10.2. The summed E-state index contributed by atoms with van der Waals surface area (Å²) in [5, 5.41) is 4.96. The topological polar surface area (TPSA) is 27.8 Å². The van der Waals surface area contributed by atoms with Crippen molar-refractivity contribution in [3.05, 3.63) is 36.0 Å². The van der Waals surface area contributed by atoms with E-state index in [1.807, 2.05) is 0 Å². The van der Waals surface area contributed by atoms with Crippen molar-refractivity contribution in [1.29, 1.82) is 0 Å². The lowest BCUT2D eigenvalue weighted by Crippen LogP contribution is -2.20. The molecule has 2 nitrogen and oxygen atoms in total. The quantitative estimate of drug-likeness (QED) is 0.639. The highest BCUT2D eigenvalue weighted by Gasteiger charge is 2.07. The molecule has 0 radical (unpaired) electrons. The third kappa shape index (κ3) is 4.89. The van der Waals surface area contributed by atoms with Crippen LogP contribution in [0, 0.1) is 11.8 Å². The van der Waals surface area contributed by atoms with Crippen LogP contribution >= 0.6 is 0 Å². The van der Waals surface area contributed by atoms with Crippen LogP contribution in [0.4, 0.5) is 0 Å². The van der Waals surface area contributed by atoms with Crippen LogP contribution in [0.25, 0.3) is 10.9 Å². The van der Waals surface area contributed by atoms with E-state index in [-0.39, 0.29) is 0 Å². The average Bonchev–Trinajstić information content (AvgIpc) is 2.90. The standard InChI is InChI=1S/C19H30N2/c1-4-15(2)13-16(3)9-11-20-12-10-17-14-21-19-8-6-5-7-18(17)19/h5-8,14-16,20-21H,4,9-13H2,1-3H3. The smallest absolute Gasteiger partial charge is 0.0456 e. The number of aromatic nitrogens is 1. The molecule has 2 heteroatoms. The van der Waals surface area contributed by atoms with Crippen LogP contribution in [0.3, 0.4) is 0 Å². The molecule has 0 spiro atoms. The second kappa shape index (κ2) is 8.23. The average molecular weight is 286 g/mol. The van der Waals surface area contributed by atoms with E-state index in [2.05, 4.69) is 61.5 Å². The Balaban J connectivity index is 1.66. The molecule has 1 aromatic heterocycles. The van der Waals surface area contributed by atoms with Gasteiger partial charge in [-0.15, -0.1) is 0 Å². The lowest BCUT2D eigenvalue weighted by atomic mass is 9.93. The number of rotatable bonds is 9. The molecule has 116 valence electrons. The van der Waals surface area contributed by atoms with Gasteiger partial charge in [-0.2, -0.15) is 0 Å². The third-order valence-electron chi connectivity index (χ3n) is 4.56. The maximum absolute atomic E-state index is 3.60. The largest absolute Gasteiger partial charge is 0.361 e. The summed E-state index contributed by atoms with van der Waals surface area (Å²) in [7, 11) is 0. The van der Waals surface area contributed by atoms with E-state index in [1.54, 1.807) is 0 Å². The fraction of sp³-hybridized carbons (Fsp3) is 0.579. The maximum Gasteiger partial charge on any atom is 0.0456 e. The highest BCUT2D eigenvalue weighted by molar-refractivity contribution is 5.83. The summed E-state index contributed by atoms with van der Waals surface area (Å²) in [5.41, 5.74) is 2.67. The summed E-state index contributed by atoms with van der Waals surface area (Å²) < 4.78 is 0. The Morgan fingerprint density at radius 3 is 2.71 bits per heavy atom. The van der Waals surface area contributed by atoms with Crippen molar-refractivity contribution in [2.45, 2.75) is 46.5 Å². The molecule has 0 saturated carbocycles. The van der Waals surface area contributed by atoms with Crippen LogP contribution < -0.4 is 5.32 Å². The van der Waals surface area contributed by atoms with Crippen LogP contribution in [0.5, 0.6) is 0 Å². The molecule has 21 heavy (non-hydrogen) atoms. The van der Waals surface area contributed by atoms with Gasteiger partial charge >= 0.3 is 0 Å². The molecule has 2 unspecified atom stereocenters. The molecule has 2 atom stereocenters. The Kier molecular flexibility index (Phi) is 6.31. The Labute approximate surface area is 129 Å². The number of H-pyrrole nitrogens is 1. The third-order valence-corrected chi connectivity index (χ3v) is 4.56. The highest BCUT2D eigenvalue weighted by Crippen LogP contribution is 2.18. The van der Waals surface area contributed by atoms with Gasteiger partial charge in [0.05, 0.1) is 0 Å². The van der Waals surface area contributed by atoms with Crippen molar-refractivity contribution < 1.29 is 0 Å². The zero-order valence-electron chi connectivity index (χ0n) is 13.8. The number of aromatic amines is 1. The van der Waals surface area contributed by atoms with Gasteiger partial charge in [0.15, 0.2) is 0 Å². The van der Waals surface area contributed by atoms with E-state index in [4.69, 9.17) is 0 Å². The number of benzene rings is 1. The Bertz CT molecular complexity index is 529. The van der Waals surface area contributed by atoms with Crippen LogP contribution in [-0.2, 0) is 6.42 Å². The molecule has 0 fully saturated rings. The van der Waals surface area contributed by atoms with Gasteiger partial charge in [0.25, 0.3) is 0 Å². The van der Waals surface area contributed by atoms with Gasteiger partial charge < -0.3 is 10.3 Å². The monoisotopic (exact) mass is 286 g/mol. The minimum absolute atomic E-state index is 0.834. The highest BCUT2D eigenvalue weighted by atomic mass is 14.8. The van der Waals surface area contributed by atoms with E-state index in [1.165, 1.54) is 35.7 Å². The van der Waals surface area contributed by atoms with Gasteiger partial charge in [-0.05, 0) is 55.8 Å². The van der Waals surface area contributed by atoms with E-state index in [9.17, 15) is 0 Å². The minimum Gasteiger partial charge on any atom is -0.361 e. The van der Waals surface area contributed by atoms with Crippen molar-refractivity contribution in [3.8, 4) is 0 Å². The molecule has 1 heterocycles. The number of para-hydroxylation sites is 1. The molecule has 2 rings (SSSR count). The van der Waals surface area contributed by atoms with Gasteiger partial charge in [-0.3, -0.25) is 0 Å². The van der Waals surface area contributed by atoms with Gasteiger partial charge in [-0.25, -0.2) is 0 Å². The molecule has 0 saturated heterocycles. The van der Waals surface area contributed by atoms with Crippen LogP contribution in [0.1, 0.15) is 45.6 Å². The van der Waals surface area contributed by atoms with Crippen LogP contribution in [-0.4, -0.2) is 18.1 Å². The second-order valence-corrected chi connectivity index (χ2v) is 6.50. The number of nitrogens with one attached hydrogen (secondary N) is 2. The second-order valence-electron chi connectivity index (χ2n) is 6.50. The Morgan fingerprint density at radius 2 is 1.90 bits per heavy atom. The SMILES string of the molecule is CCC(C)CC(C)CCNCCc1c[nH]c2ccccc12. The van der Waals surface area contributed by atoms with Crippen molar-refractivity contribution in [3.63, 3.8) is 0 Å². The minimum atomic E-state index is 0.834. The molecule has 0 aliphatic heterocycles. The van der Waals surface area contributed by atoms with Crippen LogP contribution in [0.2, 0.25) is 0 Å². The fourth-order valence-corrected chi connectivity index (χ4v) is 3.01. The zero-order chi connectivity index (χ0) is 15.1.